The molecule has 0 aromatic heterocycles. The molecule has 1 amide bonds. The van der Waals surface area contributed by atoms with Crippen molar-refractivity contribution in [3.05, 3.63) is 29.8 Å². The molecule has 2 rings (SSSR count). The first-order chi connectivity index (χ1) is 12.2. The van der Waals surface area contributed by atoms with Crippen molar-refractivity contribution in [2.75, 3.05) is 19.9 Å². The van der Waals surface area contributed by atoms with Crippen LogP contribution in [0.3, 0.4) is 0 Å². The molecule has 0 saturated heterocycles. The zero-order valence-corrected chi connectivity index (χ0v) is 15.7. The largest absolute Gasteiger partial charge is 0.452 e. The van der Waals surface area contributed by atoms with Crippen molar-refractivity contribution < 1.29 is 22.7 Å². The number of esters is 1. The Morgan fingerprint density at radius 2 is 1.77 bits per heavy atom. The number of amides is 1. The second-order valence-corrected chi connectivity index (χ2v) is 8.55. The van der Waals surface area contributed by atoms with Crippen LogP contribution in [-0.4, -0.2) is 50.6 Å². The number of nitriles is 1. The van der Waals surface area contributed by atoms with Crippen LogP contribution in [0.1, 0.15) is 42.5 Å². The van der Waals surface area contributed by atoms with Gasteiger partial charge in [-0.2, -0.15) is 5.26 Å². The SMILES string of the molecule is CN(C(=O)COC(=O)c1ccc(S(C)(=O)=O)cc1)C1(C#N)CCCCC1. The summed E-state index contributed by atoms with van der Waals surface area (Å²) in [5.41, 5.74) is -0.681. The van der Waals surface area contributed by atoms with Crippen molar-refractivity contribution in [1.29, 1.82) is 5.26 Å². The summed E-state index contributed by atoms with van der Waals surface area (Å²) in [6.07, 6.45) is 5.13. The van der Waals surface area contributed by atoms with Gasteiger partial charge in [0, 0.05) is 13.3 Å². The smallest absolute Gasteiger partial charge is 0.338 e. The molecule has 7 nitrogen and oxygen atoms in total. The number of sulfone groups is 1. The van der Waals surface area contributed by atoms with Crippen molar-refractivity contribution in [3.8, 4) is 6.07 Å². The van der Waals surface area contributed by atoms with Gasteiger partial charge in [-0.15, -0.1) is 0 Å². The monoisotopic (exact) mass is 378 g/mol. The first-order valence-electron chi connectivity index (χ1n) is 8.35. The van der Waals surface area contributed by atoms with Gasteiger partial charge in [0.1, 0.15) is 5.54 Å². The van der Waals surface area contributed by atoms with Crippen LogP contribution in [-0.2, 0) is 19.4 Å². The summed E-state index contributed by atoms with van der Waals surface area (Å²) in [5, 5.41) is 9.51. The molecule has 0 N–H and O–H groups in total. The lowest BCUT2D eigenvalue weighted by atomic mass is 9.81. The van der Waals surface area contributed by atoms with Gasteiger partial charge in [0.2, 0.25) is 0 Å². The molecule has 1 aliphatic rings. The van der Waals surface area contributed by atoms with E-state index in [1.807, 2.05) is 0 Å². The van der Waals surface area contributed by atoms with Gasteiger partial charge in [-0.05, 0) is 37.1 Å². The van der Waals surface area contributed by atoms with Gasteiger partial charge in [-0.25, -0.2) is 13.2 Å². The summed E-state index contributed by atoms with van der Waals surface area (Å²) in [4.78, 5) is 25.9. The highest BCUT2D eigenvalue weighted by Crippen LogP contribution is 2.32. The predicted molar refractivity (Wildman–Crippen MR) is 94.0 cm³/mol. The highest BCUT2D eigenvalue weighted by atomic mass is 32.2. The molecule has 0 unspecified atom stereocenters. The number of carbonyl (C=O) groups is 2. The molecule has 1 aliphatic carbocycles. The van der Waals surface area contributed by atoms with Gasteiger partial charge in [-0.3, -0.25) is 4.79 Å². The number of benzene rings is 1. The number of rotatable bonds is 5. The molecule has 1 fully saturated rings. The summed E-state index contributed by atoms with van der Waals surface area (Å²) >= 11 is 0. The lowest BCUT2D eigenvalue weighted by Crippen LogP contribution is -2.51. The number of carbonyl (C=O) groups excluding carboxylic acids is 2. The molecular weight excluding hydrogens is 356 g/mol. The number of nitrogens with zero attached hydrogens (tertiary/aromatic N) is 2. The molecule has 0 heterocycles. The van der Waals surface area contributed by atoms with Crippen molar-refractivity contribution in [2.24, 2.45) is 0 Å². The maximum atomic E-state index is 12.3. The lowest BCUT2D eigenvalue weighted by Gasteiger charge is -2.38. The Balaban J connectivity index is 1.98. The van der Waals surface area contributed by atoms with E-state index in [1.165, 1.54) is 29.2 Å². The molecule has 0 aliphatic heterocycles. The minimum Gasteiger partial charge on any atom is -0.452 e. The molecule has 0 bridgehead atoms. The minimum atomic E-state index is -3.35. The van der Waals surface area contributed by atoms with E-state index in [1.54, 1.807) is 7.05 Å². The third kappa shape index (κ3) is 4.41. The topological polar surface area (TPSA) is 105 Å². The average Bonchev–Trinajstić information content (AvgIpc) is 2.65. The van der Waals surface area contributed by atoms with Gasteiger partial charge in [-0.1, -0.05) is 19.3 Å². The Morgan fingerprint density at radius 1 is 1.19 bits per heavy atom. The standard InChI is InChI=1S/C18H22N2O5S/c1-20(18(13-19)10-4-3-5-11-18)16(21)12-25-17(22)14-6-8-15(9-7-14)26(2,23)24/h6-9H,3-5,10-12H2,1-2H3. The van der Waals surface area contributed by atoms with Crippen LogP contribution in [0, 0.1) is 11.3 Å². The first kappa shape index (κ1) is 19.9. The maximum absolute atomic E-state index is 12.3. The second kappa shape index (κ2) is 7.87. The molecule has 8 heteroatoms. The van der Waals surface area contributed by atoms with Crippen molar-refractivity contribution in [1.82, 2.24) is 4.90 Å². The van der Waals surface area contributed by atoms with Gasteiger partial charge in [0.05, 0.1) is 16.5 Å². The maximum Gasteiger partial charge on any atom is 0.338 e. The van der Waals surface area contributed by atoms with Crippen LogP contribution in [0.15, 0.2) is 29.2 Å². The van der Waals surface area contributed by atoms with Crippen LogP contribution < -0.4 is 0 Å². The van der Waals surface area contributed by atoms with E-state index < -0.39 is 33.9 Å². The third-order valence-electron chi connectivity index (χ3n) is 4.75. The lowest BCUT2D eigenvalue weighted by molar-refractivity contribution is -0.138. The second-order valence-electron chi connectivity index (χ2n) is 6.53. The van der Waals surface area contributed by atoms with E-state index in [2.05, 4.69) is 6.07 Å². The normalized spacial score (nSPS) is 16.3. The summed E-state index contributed by atoms with van der Waals surface area (Å²) in [5.74, 6) is -1.16. The zero-order chi connectivity index (χ0) is 19.4. The van der Waals surface area contributed by atoms with Crippen molar-refractivity contribution in [3.63, 3.8) is 0 Å². The van der Waals surface area contributed by atoms with Gasteiger partial charge < -0.3 is 9.64 Å². The van der Waals surface area contributed by atoms with Crippen LogP contribution in [0.4, 0.5) is 0 Å². The molecule has 0 spiro atoms. The molecule has 1 saturated carbocycles. The van der Waals surface area contributed by atoms with Crippen LogP contribution >= 0.6 is 0 Å². The van der Waals surface area contributed by atoms with Crippen LogP contribution in [0.25, 0.3) is 0 Å². The number of ether oxygens (including phenoxy) is 1. The molecule has 1 aromatic rings. The fourth-order valence-corrected chi connectivity index (χ4v) is 3.67. The summed E-state index contributed by atoms with van der Waals surface area (Å²) in [6.45, 7) is -0.466. The summed E-state index contributed by atoms with van der Waals surface area (Å²) < 4.78 is 27.9. The third-order valence-corrected chi connectivity index (χ3v) is 5.88. The highest BCUT2D eigenvalue weighted by Gasteiger charge is 2.39. The van der Waals surface area contributed by atoms with Gasteiger partial charge in [0.15, 0.2) is 16.4 Å². The molecular formula is C18H22N2O5S. The molecule has 26 heavy (non-hydrogen) atoms. The fraction of sp³-hybridized carbons (Fsp3) is 0.500. The number of hydrogen-bond acceptors (Lipinski definition) is 6. The van der Waals surface area contributed by atoms with E-state index in [-0.39, 0.29) is 10.5 Å². The minimum absolute atomic E-state index is 0.0955. The summed E-state index contributed by atoms with van der Waals surface area (Å²) in [6, 6.07) is 7.55. The van der Waals surface area contributed by atoms with Crippen LogP contribution in [0.2, 0.25) is 0 Å². The van der Waals surface area contributed by atoms with Gasteiger partial charge in [0.25, 0.3) is 5.91 Å². The van der Waals surface area contributed by atoms with Gasteiger partial charge >= 0.3 is 5.97 Å². The fourth-order valence-electron chi connectivity index (χ4n) is 3.04. The Hall–Kier alpha value is -2.40. The zero-order valence-electron chi connectivity index (χ0n) is 14.9. The summed E-state index contributed by atoms with van der Waals surface area (Å²) in [7, 11) is -1.79. The molecule has 1 aromatic carbocycles. The van der Waals surface area contributed by atoms with Crippen molar-refractivity contribution >= 4 is 21.7 Å². The van der Waals surface area contributed by atoms with E-state index >= 15 is 0 Å². The molecule has 0 radical (unpaired) electrons. The predicted octanol–water partition coefficient (Wildman–Crippen LogP) is 1.93. The number of likely N-dealkylation sites (N-methyl/N-ethyl adjacent to an activating group) is 1. The molecule has 140 valence electrons. The number of hydrogen-bond donors (Lipinski definition) is 0. The quantitative estimate of drug-likeness (QED) is 0.725. The Labute approximate surface area is 153 Å². The van der Waals surface area contributed by atoms with E-state index in [4.69, 9.17) is 4.74 Å². The first-order valence-corrected chi connectivity index (χ1v) is 10.2. The van der Waals surface area contributed by atoms with E-state index in [0.29, 0.717) is 12.8 Å². The van der Waals surface area contributed by atoms with E-state index in [0.717, 1.165) is 25.5 Å². The Morgan fingerprint density at radius 3 is 2.27 bits per heavy atom. The van der Waals surface area contributed by atoms with E-state index in [9.17, 15) is 23.3 Å². The van der Waals surface area contributed by atoms with Crippen molar-refractivity contribution in [2.45, 2.75) is 42.5 Å². The Bertz CT molecular complexity index is 818. The molecule has 0 atom stereocenters. The Kier molecular flexibility index (Phi) is 6.03. The highest BCUT2D eigenvalue weighted by molar-refractivity contribution is 7.90. The van der Waals surface area contributed by atoms with Crippen LogP contribution in [0.5, 0.6) is 0 Å². The average molecular weight is 378 g/mol.